The summed E-state index contributed by atoms with van der Waals surface area (Å²) in [5, 5.41) is 0. The highest BCUT2D eigenvalue weighted by atomic mass is 31.2. The van der Waals surface area contributed by atoms with Crippen molar-refractivity contribution in [1.29, 1.82) is 0 Å². The van der Waals surface area contributed by atoms with Crippen LogP contribution in [0.2, 0.25) is 0 Å². The predicted octanol–water partition coefficient (Wildman–Crippen LogP) is 23.1. The number of rotatable bonds is 65. The Hall–Kier alpha value is -3.59. The van der Waals surface area contributed by atoms with Gasteiger partial charge >= 0.3 is 19.8 Å². The molecule has 3 N–H and O–H groups in total. The summed E-state index contributed by atoms with van der Waals surface area (Å²) >= 11 is 0. The molecule has 0 aromatic heterocycles. The Kier molecular flexibility index (Phi) is 66.6. The molecule has 488 valence electrons. The van der Waals surface area contributed by atoms with Crippen molar-refractivity contribution < 1.29 is 37.6 Å². The third-order valence-corrected chi connectivity index (χ3v) is 15.8. The Labute approximate surface area is 523 Å². The minimum absolute atomic E-state index is 0.0451. The Morgan fingerprint density at radius 2 is 0.647 bits per heavy atom. The summed E-state index contributed by atoms with van der Waals surface area (Å²) in [6.45, 7) is 3.61. The van der Waals surface area contributed by atoms with Crippen molar-refractivity contribution in [2.75, 3.05) is 26.4 Å². The molecule has 2 unspecified atom stereocenters. The highest BCUT2D eigenvalue weighted by molar-refractivity contribution is 7.47. The van der Waals surface area contributed by atoms with Gasteiger partial charge in [-0.25, -0.2) is 4.57 Å². The molecule has 0 rings (SSSR count). The van der Waals surface area contributed by atoms with Crippen LogP contribution in [0.1, 0.15) is 309 Å². The van der Waals surface area contributed by atoms with Crippen molar-refractivity contribution in [2.45, 2.75) is 315 Å². The van der Waals surface area contributed by atoms with Crippen LogP contribution in [0, 0.1) is 0 Å². The maximum Gasteiger partial charge on any atom is 0.472 e. The highest BCUT2D eigenvalue weighted by Crippen LogP contribution is 2.43. The standard InChI is InChI=1S/C75H130NO8P/c1-3-5-7-9-11-13-15-17-19-21-23-25-27-29-31-32-33-34-35-36-37-38-39-40-42-43-45-47-49-51-53-55-57-59-61-63-65-67-74(77)81-71-73(72-83-85(79,80)82-70-69-76)84-75(78)68-66-64-62-60-58-56-54-52-50-48-46-44-41-30-28-26-24-22-20-18-16-14-12-10-8-6-4-2/h6,8,12,14-15,17-18,20-21,23-24,26-27,29-30,41,46,48,52,54,73H,3-5,7,9-11,13,16,19,22,25,28,31-40,42-45,47,49-51,53,55-72,76H2,1-2H3,(H,79,80)/b8-6-,14-12-,17-15-,20-18-,23-21-,26-24-,29-27-,41-30-,48-46-,54-52-. The van der Waals surface area contributed by atoms with E-state index in [9.17, 15) is 19.0 Å². The second-order valence-electron chi connectivity index (χ2n) is 23.0. The van der Waals surface area contributed by atoms with E-state index in [0.717, 1.165) is 109 Å². The van der Waals surface area contributed by atoms with Crippen molar-refractivity contribution in [3.63, 3.8) is 0 Å². The van der Waals surface area contributed by atoms with Gasteiger partial charge in [0.25, 0.3) is 0 Å². The quantitative estimate of drug-likeness (QED) is 0.0264. The van der Waals surface area contributed by atoms with Gasteiger partial charge in [0.2, 0.25) is 0 Å². The highest BCUT2D eigenvalue weighted by Gasteiger charge is 2.26. The Bertz CT molecular complexity index is 1810. The summed E-state index contributed by atoms with van der Waals surface area (Å²) in [5.74, 6) is -0.847. The first kappa shape index (κ1) is 81.4. The molecule has 85 heavy (non-hydrogen) atoms. The van der Waals surface area contributed by atoms with E-state index in [1.54, 1.807) is 0 Å². The predicted molar refractivity (Wildman–Crippen MR) is 367 cm³/mol. The number of unbranched alkanes of at least 4 members (excludes halogenated alkanes) is 32. The number of carbonyl (C=O) groups is 2. The summed E-state index contributed by atoms with van der Waals surface area (Å²) in [7, 11) is -4.41. The average molecular weight is 1200 g/mol. The number of phosphoric acid groups is 1. The third-order valence-electron chi connectivity index (χ3n) is 14.8. The number of nitrogens with two attached hydrogens (primary N) is 1. The van der Waals surface area contributed by atoms with Crippen LogP contribution in [-0.4, -0.2) is 49.3 Å². The number of carbonyl (C=O) groups excluding carboxylic acids is 2. The van der Waals surface area contributed by atoms with E-state index in [1.165, 1.54) is 167 Å². The first-order valence-corrected chi connectivity index (χ1v) is 36.5. The van der Waals surface area contributed by atoms with Gasteiger partial charge in [0, 0.05) is 19.4 Å². The van der Waals surface area contributed by atoms with Crippen molar-refractivity contribution in [3.8, 4) is 0 Å². The molecule has 0 amide bonds. The van der Waals surface area contributed by atoms with Gasteiger partial charge in [-0.15, -0.1) is 0 Å². The lowest BCUT2D eigenvalue weighted by molar-refractivity contribution is -0.161. The molecule has 0 heterocycles. The lowest BCUT2D eigenvalue weighted by Crippen LogP contribution is -2.29. The Morgan fingerprint density at radius 1 is 0.365 bits per heavy atom. The first-order valence-electron chi connectivity index (χ1n) is 35.0. The monoisotopic (exact) mass is 1200 g/mol. The molecule has 0 aliphatic carbocycles. The van der Waals surface area contributed by atoms with E-state index in [4.69, 9.17) is 24.3 Å². The molecule has 0 spiro atoms. The number of phosphoric ester groups is 1. The van der Waals surface area contributed by atoms with Crippen LogP contribution >= 0.6 is 7.82 Å². The minimum Gasteiger partial charge on any atom is -0.462 e. The molecule has 9 nitrogen and oxygen atoms in total. The fraction of sp³-hybridized carbons (Fsp3) is 0.707. The van der Waals surface area contributed by atoms with Gasteiger partial charge in [0.15, 0.2) is 6.10 Å². The van der Waals surface area contributed by atoms with Crippen LogP contribution in [0.3, 0.4) is 0 Å². The van der Waals surface area contributed by atoms with E-state index < -0.39 is 26.5 Å². The van der Waals surface area contributed by atoms with Gasteiger partial charge in [-0.1, -0.05) is 309 Å². The molecule has 0 radical (unpaired) electrons. The van der Waals surface area contributed by atoms with Gasteiger partial charge in [0.1, 0.15) is 6.61 Å². The summed E-state index contributed by atoms with van der Waals surface area (Å²) in [5.41, 5.74) is 5.40. The molecule has 10 heteroatoms. The molecule has 0 fully saturated rings. The van der Waals surface area contributed by atoms with Gasteiger partial charge < -0.3 is 20.1 Å². The number of esters is 2. The Balaban J connectivity index is 3.89. The van der Waals surface area contributed by atoms with Gasteiger partial charge in [-0.2, -0.15) is 0 Å². The van der Waals surface area contributed by atoms with Crippen molar-refractivity contribution in [1.82, 2.24) is 0 Å². The van der Waals surface area contributed by atoms with Gasteiger partial charge in [0.05, 0.1) is 13.2 Å². The maximum atomic E-state index is 12.7. The lowest BCUT2D eigenvalue weighted by atomic mass is 10.0. The normalized spacial score (nSPS) is 13.7. The molecule has 0 saturated heterocycles. The van der Waals surface area contributed by atoms with Gasteiger partial charge in [-0.3, -0.25) is 18.6 Å². The second kappa shape index (κ2) is 69.5. The molecule has 0 aliphatic heterocycles. The molecule has 0 aromatic carbocycles. The third kappa shape index (κ3) is 69.4. The van der Waals surface area contributed by atoms with Crippen LogP contribution in [-0.2, 0) is 32.7 Å². The zero-order valence-electron chi connectivity index (χ0n) is 54.8. The minimum atomic E-state index is -4.41. The number of hydrogen-bond donors (Lipinski definition) is 2. The second-order valence-corrected chi connectivity index (χ2v) is 24.5. The topological polar surface area (TPSA) is 134 Å². The fourth-order valence-corrected chi connectivity index (χ4v) is 10.5. The van der Waals surface area contributed by atoms with E-state index in [2.05, 4.69) is 135 Å². The summed E-state index contributed by atoms with van der Waals surface area (Å²) in [6.07, 6.45) is 97.2. The largest absolute Gasteiger partial charge is 0.472 e. The smallest absolute Gasteiger partial charge is 0.462 e. The molecule has 0 bridgehead atoms. The first-order chi connectivity index (χ1) is 41.8. The number of hydrogen-bond acceptors (Lipinski definition) is 8. The van der Waals surface area contributed by atoms with Crippen LogP contribution in [0.4, 0.5) is 0 Å². The Morgan fingerprint density at radius 3 is 0.965 bits per heavy atom. The van der Waals surface area contributed by atoms with E-state index in [1.807, 2.05) is 0 Å². The molecule has 0 aromatic rings. The number of allylic oxidation sites excluding steroid dienone is 20. The zero-order valence-corrected chi connectivity index (χ0v) is 55.7. The van der Waals surface area contributed by atoms with Gasteiger partial charge in [-0.05, 0) is 109 Å². The fourth-order valence-electron chi connectivity index (χ4n) is 9.68. The van der Waals surface area contributed by atoms with Crippen molar-refractivity contribution >= 4 is 19.8 Å². The average Bonchev–Trinajstić information content (AvgIpc) is 3.53. The maximum absolute atomic E-state index is 12.7. The molecular formula is C75H130NO8P. The van der Waals surface area contributed by atoms with Crippen molar-refractivity contribution in [2.24, 2.45) is 5.73 Å². The van der Waals surface area contributed by atoms with E-state index in [0.29, 0.717) is 6.42 Å². The molecule has 2 atom stereocenters. The van der Waals surface area contributed by atoms with E-state index >= 15 is 0 Å². The molecular weight excluding hydrogens is 1070 g/mol. The van der Waals surface area contributed by atoms with Crippen molar-refractivity contribution in [3.05, 3.63) is 122 Å². The van der Waals surface area contributed by atoms with Crippen LogP contribution in [0.15, 0.2) is 122 Å². The van der Waals surface area contributed by atoms with Crippen LogP contribution < -0.4 is 5.73 Å². The summed E-state index contributed by atoms with van der Waals surface area (Å²) in [4.78, 5) is 35.3. The SMILES string of the molecule is CC/C=C\C/C=C\C/C=C\C/C=C\C/C=C\C/C=C\C/C=C\CCCCCCCC(=O)OC(COC(=O)CCCCCCCCCCCCCCCCCCCCCCCC/C=C\C/C=C\C/C=C\CCCCCCC)COP(=O)(O)OCCN. The summed E-state index contributed by atoms with van der Waals surface area (Å²) < 4.78 is 33.1. The summed E-state index contributed by atoms with van der Waals surface area (Å²) in [6, 6.07) is 0. The lowest BCUT2D eigenvalue weighted by Gasteiger charge is -2.19. The number of ether oxygens (including phenoxy) is 2. The van der Waals surface area contributed by atoms with E-state index in [-0.39, 0.29) is 38.6 Å². The zero-order chi connectivity index (χ0) is 61.6. The van der Waals surface area contributed by atoms with Crippen LogP contribution in [0.5, 0.6) is 0 Å². The molecule has 0 saturated carbocycles. The van der Waals surface area contributed by atoms with Crippen LogP contribution in [0.25, 0.3) is 0 Å². The molecule has 0 aliphatic rings.